The van der Waals surface area contributed by atoms with Crippen LogP contribution in [-0.2, 0) is 9.53 Å². The molecule has 13 heteroatoms. The minimum atomic E-state index is -0.987. The van der Waals surface area contributed by atoms with Gasteiger partial charge in [0.15, 0.2) is 23.1 Å². The Morgan fingerprint density at radius 1 is 1.26 bits per heavy atom. The van der Waals surface area contributed by atoms with E-state index in [2.05, 4.69) is 34.1 Å². The first-order valence-corrected chi connectivity index (χ1v) is 13.4. The number of nitrogen functional groups attached to an aromatic ring is 1. The summed E-state index contributed by atoms with van der Waals surface area (Å²) in [6, 6.07) is -0.0692. The van der Waals surface area contributed by atoms with Gasteiger partial charge in [-0.25, -0.2) is 19.2 Å². The van der Waals surface area contributed by atoms with Gasteiger partial charge >= 0.3 is 0 Å². The van der Waals surface area contributed by atoms with E-state index in [-0.39, 0.29) is 40.4 Å². The Bertz CT molecular complexity index is 1470. The molecule has 42 heavy (non-hydrogen) atoms. The number of aromatic nitrogens is 1. The van der Waals surface area contributed by atoms with E-state index in [9.17, 15) is 9.59 Å². The molecule has 1 aromatic carbocycles. The molecule has 222 valence electrons. The van der Waals surface area contributed by atoms with Gasteiger partial charge in [0.1, 0.15) is 17.4 Å². The number of halogens is 2. The third-order valence-corrected chi connectivity index (χ3v) is 7.90. The molecule has 0 radical (unpaired) electrons. The predicted molar refractivity (Wildman–Crippen MR) is 150 cm³/mol. The summed E-state index contributed by atoms with van der Waals surface area (Å²) in [5, 5.41) is 4.67. The van der Waals surface area contributed by atoms with E-state index in [1.54, 1.807) is 17.0 Å². The monoisotopic (exact) mass is 582 g/mol. The number of fused-ring (bicyclic) bond motifs is 1. The van der Waals surface area contributed by atoms with Gasteiger partial charge < -0.3 is 35.2 Å². The summed E-state index contributed by atoms with van der Waals surface area (Å²) in [5.41, 5.74) is 9.68. The normalized spacial score (nSPS) is 19.9. The number of methoxy groups -OCH3 is 3. The van der Waals surface area contributed by atoms with Gasteiger partial charge in [-0.3, -0.25) is 9.59 Å². The van der Waals surface area contributed by atoms with Gasteiger partial charge in [-0.1, -0.05) is 18.4 Å². The van der Waals surface area contributed by atoms with E-state index in [1.807, 2.05) is 0 Å². The number of pyridine rings is 1. The molecule has 3 aliphatic rings. The Hall–Kier alpha value is -4.41. The highest BCUT2D eigenvalue weighted by Crippen LogP contribution is 2.42. The fourth-order valence-corrected chi connectivity index (χ4v) is 5.25. The van der Waals surface area contributed by atoms with Crippen molar-refractivity contribution in [3.05, 3.63) is 53.2 Å². The van der Waals surface area contributed by atoms with E-state index in [4.69, 9.17) is 19.9 Å². The molecular weight excluding hydrogens is 550 g/mol. The number of nitrogens with zero attached hydrogens (tertiary/aromatic N) is 3. The topological polar surface area (TPSA) is 131 Å². The van der Waals surface area contributed by atoms with Crippen LogP contribution in [0.2, 0.25) is 0 Å². The van der Waals surface area contributed by atoms with Gasteiger partial charge in [0.05, 0.1) is 42.7 Å². The molecule has 2 aromatic rings. The van der Waals surface area contributed by atoms with Crippen molar-refractivity contribution in [2.75, 3.05) is 51.7 Å². The lowest BCUT2D eigenvalue weighted by atomic mass is 10.0. The molecule has 3 heterocycles. The number of hydrogen-bond acceptors (Lipinski definition) is 9. The SMILES string of the molecule is C=CC(=O)N1CCC(N2N[C@@H](C#Cc3c(F)c(OC)cc(OC)c3F)c3c(N)ncc(C(=O)NCC4(OC)CC4)c32)C1. The number of amides is 2. The number of hydrogen-bond donors (Lipinski definition) is 3. The zero-order valence-corrected chi connectivity index (χ0v) is 23.6. The number of rotatable bonds is 8. The lowest BCUT2D eigenvalue weighted by Crippen LogP contribution is -2.45. The number of hydrazine groups is 1. The molecule has 2 atom stereocenters. The predicted octanol–water partition coefficient (Wildman–Crippen LogP) is 2.07. The van der Waals surface area contributed by atoms with Crippen LogP contribution < -0.4 is 31.0 Å². The van der Waals surface area contributed by atoms with Crippen LogP contribution in [0.15, 0.2) is 24.9 Å². The molecule has 0 spiro atoms. The van der Waals surface area contributed by atoms with Gasteiger partial charge in [-0.2, -0.15) is 0 Å². The van der Waals surface area contributed by atoms with Gasteiger partial charge in [-0.05, 0) is 25.3 Å². The number of nitrogens with one attached hydrogen (secondary N) is 2. The average molecular weight is 583 g/mol. The molecule has 2 amide bonds. The molecule has 4 N–H and O–H groups in total. The molecule has 1 aromatic heterocycles. The lowest BCUT2D eigenvalue weighted by Gasteiger charge is -2.28. The summed E-state index contributed by atoms with van der Waals surface area (Å²) in [5.74, 6) is 2.46. The maximum atomic E-state index is 15.1. The largest absolute Gasteiger partial charge is 0.493 e. The van der Waals surface area contributed by atoms with Crippen molar-refractivity contribution in [3.8, 4) is 23.3 Å². The fourth-order valence-electron chi connectivity index (χ4n) is 5.25. The van der Waals surface area contributed by atoms with Crippen LogP contribution in [0.3, 0.4) is 0 Å². The number of carbonyl (C=O) groups excluding carboxylic acids is 2. The Labute approximate surface area is 241 Å². The Morgan fingerprint density at radius 2 is 1.95 bits per heavy atom. The smallest absolute Gasteiger partial charge is 0.255 e. The summed E-state index contributed by atoms with van der Waals surface area (Å²) in [7, 11) is 4.10. The van der Waals surface area contributed by atoms with E-state index < -0.39 is 29.1 Å². The van der Waals surface area contributed by atoms with Crippen molar-refractivity contribution >= 4 is 23.3 Å². The number of ether oxygens (including phenoxy) is 3. The van der Waals surface area contributed by atoms with Crippen LogP contribution in [-0.4, -0.2) is 74.3 Å². The van der Waals surface area contributed by atoms with E-state index in [0.29, 0.717) is 37.3 Å². The van der Waals surface area contributed by atoms with Crippen LogP contribution in [0.25, 0.3) is 0 Å². The molecule has 1 aliphatic carbocycles. The molecule has 11 nitrogen and oxygen atoms in total. The first-order valence-electron chi connectivity index (χ1n) is 13.4. The third-order valence-electron chi connectivity index (χ3n) is 7.90. The molecule has 1 saturated carbocycles. The second kappa shape index (κ2) is 11.5. The van der Waals surface area contributed by atoms with Crippen molar-refractivity contribution in [1.82, 2.24) is 20.6 Å². The zero-order valence-electron chi connectivity index (χ0n) is 23.6. The highest BCUT2D eigenvalue weighted by atomic mass is 19.1. The minimum absolute atomic E-state index is 0.0904. The van der Waals surface area contributed by atoms with E-state index >= 15 is 8.78 Å². The molecule has 5 rings (SSSR count). The van der Waals surface area contributed by atoms with Gasteiger partial charge in [0, 0.05) is 39.0 Å². The summed E-state index contributed by atoms with van der Waals surface area (Å²) >= 11 is 0. The summed E-state index contributed by atoms with van der Waals surface area (Å²) in [6.07, 6.45) is 4.87. The molecule has 1 unspecified atom stereocenters. The number of nitrogens with two attached hydrogens (primary N) is 1. The Balaban J connectivity index is 1.55. The van der Waals surface area contributed by atoms with E-state index in [0.717, 1.165) is 18.9 Å². The van der Waals surface area contributed by atoms with Crippen molar-refractivity contribution < 1.29 is 32.6 Å². The van der Waals surface area contributed by atoms with Crippen LogP contribution in [0.4, 0.5) is 20.3 Å². The van der Waals surface area contributed by atoms with Gasteiger partial charge in [0.2, 0.25) is 5.91 Å². The molecule has 2 fully saturated rings. The van der Waals surface area contributed by atoms with Gasteiger partial charge in [-0.15, -0.1) is 0 Å². The maximum absolute atomic E-state index is 15.1. The Morgan fingerprint density at radius 3 is 2.55 bits per heavy atom. The molecule has 0 bridgehead atoms. The Kier molecular flexibility index (Phi) is 7.94. The molecular formula is C29H32F2N6O5. The van der Waals surface area contributed by atoms with Crippen LogP contribution in [0.5, 0.6) is 11.5 Å². The molecule has 1 saturated heterocycles. The average Bonchev–Trinajstić information content (AvgIpc) is 3.43. The number of anilines is 2. The van der Waals surface area contributed by atoms with Crippen molar-refractivity contribution in [3.63, 3.8) is 0 Å². The fraction of sp³-hybridized carbons (Fsp3) is 0.414. The standard InChI is InChI=1S/C29H32F2N6O5/c1-5-22(38)36-11-8-16(14-36)37-26-18(28(39)34-15-29(42-4)9-10-29)13-33-27(32)23(26)19(35-37)7-6-17-24(30)20(40-2)12-21(41-3)25(17)31/h5,12-13,16,19,35H,1,8-11,14-15H2,2-4H3,(H2,32,33)(H,34,39)/t16?,19-/m0/s1. The van der Waals surface area contributed by atoms with Crippen LogP contribution in [0.1, 0.15) is 46.8 Å². The van der Waals surface area contributed by atoms with Gasteiger partial charge in [0.25, 0.3) is 5.91 Å². The number of carbonyl (C=O) groups is 2. The highest BCUT2D eigenvalue weighted by molar-refractivity contribution is 6.01. The quantitative estimate of drug-likeness (QED) is 0.316. The second-order valence-electron chi connectivity index (χ2n) is 10.3. The second-order valence-corrected chi connectivity index (χ2v) is 10.3. The highest BCUT2D eigenvalue weighted by Gasteiger charge is 2.44. The van der Waals surface area contributed by atoms with Crippen molar-refractivity contribution in [2.45, 2.75) is 36.9 Å². The van der Waals surface area contributed by atoms with Crippen molar-refractivity contribution in [1.29, 1.82) is 0 Å². The van der Waals surface area contributed by atoms with Crippen LogP contribution in [0, 0.1) is 23.5 Å². The first kappa shape index (κ1) is 29.1. The first-order chi connectivity index (χ1) is 20.2. The number of benzene rings is 1. The minimum Gasteiger partial charge on any atom is -0.493 e. The lowest BCUT2D eigenvalue weighted by molar-refractivity contribution is -0.125. The van der Waals surface area contributed by atoms with Crippen molar-refractivity contribution in [2.24, 2.45) is 0 Å². The number of likely N-dealkylation sites (tertiary alicyclic amines) is 1. The summed E-state index contributed by atoms with van der Waals surface area (Å²) < 4.78 is 45.7. The summed E-state index contributed by atoms with van der Waals surface area (Å²) in [4.78, 5) is 31.7. The summed E-state index contributed by atoms with van der Waals surface area (Å²) in [6.45, 7) is 4.69. The third kappa shape index (κ3) is 5.19. The van der Waals surface area contributed by atoms with E-state index in [1.165, 1.54) is 26.5 Å². The molecule has 2 aliphatic heterocycles. The zero-order chi connectivity index (χ0) is 30.2. The van der Waals surface area contributed by atoms with Crippen LogP contribution >= 0.6 is 0 Å². The maximum Gasteiger partial charge on any atom is 0.255 e.